The van der Waals surface area contributed by atoms with Crippen LogP contribution in [0, 0.1) is 0 Å². The lowest BCUT2D eigenvalue weighted by Gasteiger charge is -2.21. The first kappa shape index (κ1) is 20.4. The fourth-order valence-corrected chi connectivity index (χ4v) is 3.44. The zero-order valence-corrected chi connectivity index (χ0v) is 16.7. The van der Waals surface area contributed by atoms with E-state index in [4.69, 9.17) is 9.47 Å². The third-order valence-corrected chi connectivity index (χ3v) is 5.04. The van der Waals surface area contributed by atoms with Crippen molar-refractivity contribution in [2.24, 2.45) is 10.2 Å². The van der Waals surface area contributed by atoms with Crippen molar-refractivity contribution < 1.29 is 19.1 Å². The SMILES string of the molecule is COc1ccc(C=NN=C2NC(=O)C[C@@H](C(=O)Nc3cccc(OC)c3)S2)cc1. The molecule has 0 radical (unpaired) electrons. The average molecular weight is 412 g/mol. The van der Waals surface area contributed by atoms with Gasteiger partial charge in [-0.15, -0.1) is 5.10 Å². The molecule has 1 heterocycles. The second-order valence-electron chi connectivity index (χ2n) is 6.00. The maximum absolute atomic E-state index is 12.6. The zero-order chi connectivity index (χ0) is 20.6. The van der Waals surface area contributed by atoms with E-state index >= 15 is 0 Å². The minimum absolute atomic E-state index is 0.0572. The van der Waals surface area contributed by atoms with Gasteiger partial charge >= 0.3 is 0 Å². The van der Waals surface area contributed by atoms with Gasteiger partial charge in [-0.3, -0.25) is 9.59 Å². The number of rotatable bonds is 6. The van der Waals surface area contributed by atoms with Crippen LogP contribution in [0.4, 0.5) is 5.69 Å². The monoisotopic (exact) mass is 412 g/mol. The zero-order valence-electron chi connectivity index (χ0n) is 15.9. The van der Waals surface area contributed by atoms with Crippen molar-refractivity contribution in [2.45, 2.75) is 11.7 Å². The molecule has 2 aromatic carbocycles. The van der Waals surface area contributed by atoms with Gasteiger partial charge in [0, 0.05) is 18.2 Å². The van der Waals surface area contributed by atoms with E-state index in [1.165, 1.54) is 0 Å². The molecule has 29 heavy (non-hydrogen) atoms. The molecule has 2 amide bonds. The maximum Gasteiger partial charge on any atom is 0.238 e. The van der Waals surface area contributed by atoms with E-state index in [1.807, 2.05) is 24.3 Å². The predicted molar refractivity (Wildman–Crippen MR) is 114 cm³/mol. The van der Waals surface area contributed by atoms with Gasteiger partial charge in [0.2, 0.25) is 11.8 Å². The van der Waals surface area contributed by atoms with Crippen molar-refractivity contribution in [3.8, 4) is 11.5 Å². The summed E-state index contributed by atoms with van der Waals surface area (Å²) in [6, 6.07) is 14.3. The summed E-state index contributed by atoms with van der Waals surface area (Å²) in [5.41, 5.74) is 1.42. The van der Waals surface area contributed by atoms with Gasteiger partial charge in [0.15, 0.2) is 5.17 Å². The first-order chi connectivity index (χ1) is 14.1. The van der Waals surface area contributed by atoms with Crippen molar-refractivity contribution in [3.63, 3.8) is 0 Å². The minimum Gasteiger partial charge on any atom is -0.497 e. The van der Waals surface area contributed by atoms with Gasteiger partial charge in [0.05, 0.1) is 20.4 Å². The maximum atomic E-state index is 12.6. The molecule has 0 unspecified atom stereocenters. The average Bonchev–Trinajstić information content (AvgIpc) is 2.74. The summed E-state index contributed by atoms with van der Waals surface area (Å²) in [6.45, 7) is 0. The third kappa shape index (κ3) is 5.82. The van der Waals surface area contributed by atoms with E-state index in [0.717, 1.165) is 23.1 Å². The fourth-order valence-electron chi connectivity index (χ4n) is 2.50. The van der Waals surface area contributed by atoms with E-state index in [0.29, 0.717) is 11.4 Å². The van der Waals surface area contributed by atoms with Crippen LogP contribution in [-0.4, -0.2) is 42.7 Å². The van der Waals surface area contributed by atoms with Crippen LogP contribution in [0.1, 0.15) is 12.0 Å². The number of nitrogens with zero attached hydrogens (tertiary/aromatic N) is 2. The molecule has 9 heteroatoms. The van der Waals surface area contributed by atoms with Gasteiger partial charge in [-0.2, -0.15) is 5.10 Å². The fraction of sp³-hybridized carbons (Fsp3) is 0.200. The van der Waals surface area contributed by atoms with Crippen LogP contribution in [0.3, 0.4) is 0 Å². The van der Waals surface area contributed by atoms with Gasteiger partial charge in [-0.25, -0.2) is 0 Å². The summed E-state index contributed by atoms with van der Waals surface area (Å²) in [7, 11) is 3.15. The number of ether oxygens (including phenoxy) is 2. The van der Waals surface area contributed by atoms with Crippen LogP contribution in [0.15, 0.2) is 58.7 Å². The quantitative estimate of drug-likeness (QED) is 0.561. The van der Waals surface area contributed by atoms with Crippen LogP contribution >= 0.6 is 11.8 Å². The van der Waals surface area contributed by atoms with E-state index in [-0.39, 0.29) is 23.4 Å². The molecule has 2 aromatic rings. The summed E-state index contributed by atoms with van der Waals surface area (Å²) in [4.78, 5) is 24.5. The third-order valence-electron chi connectivity index (χ3n) is 3.97. The molecule has 1 atom stereocenters. The molecule has 2 N–H and O–H groups in total. The smallest absolute Gasteiger partial charge is 0.238 e. The molecule has 0 spiro atoms. The van der Waals surface area contributed by atoms with Crippen molar-refractivity contribution >= 4 is 40.6 Å². The summed E-state index contributed by atoms with van der Waals surface area (Å²) in [5, 5.41) is 13.1. The van der Waals surface area contributed by atoms with Crippen molar-refractivity contribution in [1.82, 2.24) is 5.32 Å². The highest BCUT2D eigenvalue weighted by atomic mass is 32.2. The molecule has 1 saturated heterocycles. The van der Waals surface area contributed by atoms with Crippen LogP contribution in [0.5, 0.6) is 11.5 Å². The largest absolute Gasteiger partial charge is 0.497 e. The number of carbonyl (C=O) groups is 2. The second kappa shape index (κ2) is 9.74. The standard InChI is InChI=1S/C20H20N4O4S/c1-27-15-8-6-13(7-9-15)12-21-24-20-23-18(25)11-17(29-20)19(26)22-14-4-3-5-16(10-14)28-2/h3-10,12,17H,11H2,1-2H3,(H,22,26)(H,23,24,25)/t17-/m0/s1. The molecule has 1 aliphatic heterocycles. The lowest BCUT2D eigenvalue weighted by molar-refractivity contribution is -0.123. The molecule has 0 bridgehead atoms. The van der Waals surface area contributed by atoms with E-state index in [1.54, 1.807) is 44.7 Å². The molecule has 3 rings (SSSR count). The summed E-state index contributed by atoms with van der Waals surface area (Å²) >= 11 is 1.15. The Morgan fingerprint density at radius 1 is 1.17 bits per heavy atom. The van der Waals surface area contributed by atoms with E-state index in [2.05, 4.69) is 20.8 Å². The number of anilines is 1. The summed E-state index contributed by atoms with van der Waals surface area (Å²) < 4.78 is 10.2. The normalized spacial score (nSPS) is 17.8. The number of methoxy groups -OCH3 is 2. The first-order valence-corrected chi connectivity index (χ1v) is 9.62. The number of hydrogen-bond donors (Lipinski definition) is 2. The highest BCUT2D eigenvalue weighted by Gasteiger charge is 2.30. The minimum atomic E-state index is -0.607. The van der Waals surface area contributed by atoms with Gasteiger partial charge in [0.1, 0.15) is 16.7 Å². The molecule has 1 fully saturated rings. The Kier molecular flexibility index (Phi) is 6.85. The molecule has 8 nitrogen and oxygen atoms in total. The molecule has 0 saturated carbocycles. The van der Waals surface area contributed by atoms with Gasteiger partial charge in [-0.1, -0.05) is 17.8 Å². The Hall–Kier alpha value is -3.33. The first-order valence-electron chi connectivity index (χ1n) is 8.74. The highest BCUT2D eigenvalue weighted by molar-refractivity contribution is 8.15. The number of carbonyl (C=O) groups excluding carboxylic acids is 2. The molecule has 0 aromatic heterocycles. The number of nitrogens with one attached hydrogen (secondary N) is 2. The highest BCUT2D eigenvalue weighted by Crippen LogP contribution is 2.24. The summed E-state index contributed by atoms with van der Waals surface area (Å²) in [6.07, 6.45) is 1.61. The molecule has 0 aliphatic carbocycles. The Morgan fingerprint density at radius 3 is 2.66 bits per heavy atom. The second-order valence-corrected chi connectivity index (χ2v) is 7.19. The lowest BCUT2D eigenvalue weighted by atomic mass is 10.2. The van der Waals surface area contributed by atoms with Crippen LogP contribution in [-0.2, 0) is 9.59 Å². The van der Waals surface area contributed by atoms with E-state index < -0.39 is 5.25 Å². The Balaban J connectivity index is 1.64. The molecular weight excluding hydrogens is 392 g/mol. The van der Waals surface area contributed by atoms with Gasteiger partial charge < -0.3 is 20.1 Å². The Morgan fingerprint density at radius 2 is 1.93 bits per heavy atom. The topological polar surface area (TPSA) is 101 Å². The van der Waals surface area contributed by atoms with Crippen molar-refractivity contribution in [3.05, 3.63) is 54.1 Å². The number of thioether (sulfide) groups is 1. The van der Waals surface area contributed by atoms with Crippen LogP contribution in [0.2, 0.25) is 0 Å². The van der Waals surface area contributed by atoms with Gasteiger partial charge in [-0.05, 0) is 42.0 Å². The van der Waals surface area contributed by atoms with Crippen LogP contribution < -0.4 is 20.1 Å². The van der Waals surface area contributed by atoms with Crippen LogP contribution in [0.25, 0.3) is 0 Å². The van der Waals surface area contributed by atoms with Crippen molar-refractivity contribution in [2.75, 3.05) is 19.5 Å². The van der Waals surface area contributed by atoms with E-state index in [9.17, 15) is 9.59 Å². The predicted octanol–water partition coefficient (Wildman–Crippen LogP) is 2.65. The molecule has 150 valence electrons. The summed E-state index contributed by atoms with van der Waals surface area (Å²) in [5.74, 6) is 0.804. The van der Waals surface area contributed by atoms with Gasteiger partial charge in [0.25, 0.3) is 0 Å². The van der Waals surface area contributed by atoms with Crippen molar-refractivity contribution in [1.29, 1.82) is 0 Å². The lowest BCUT2D eigenvalue weighted by Crippen LogP contribution is -2.41. The molecule has 1 aliphatic rings. The number of hydrogen-bond acceptors (Lipinski definition) is 7. The Bertz CT molecular complexity index is 944. The number of benzene rings is 2. The number of amidine groups is 1. The molecular formula is C20H20N4O4S. The Labute approximate surface area is 172 Å². The number of amides is 2.